The number of nitrogens with one attached hydrogen (secondary N) is 1. The third-order valence-corrected chi connectivity index (χ3v) is 1.50. The molecule has 0 aromatic heterocycles. The Labute approximate surface area is 85.5 Å². The van der Waals surface area contributed by atoms with Crippen LogP contribution in [0, 0.1) is 10.1 Å². The molecule has 9 nitrogen and oxygen atoms in total. The van der Waals surface area contributed by atoms with Crippen molar-refractivity contribution in [2.75, 3.05) is 13.2 Å². The number of carboxylic acid groups (broad SMARTS) is 1. The maximum atomic E-state index is 10.3. The molecular weight excluding hydrogens is 206 g/mol. The van der Waals surface area contributed by atoms with Gasteiger partial charge in [-0.1, -0.05) is 0 Å². The van der Waals surface area contributed by atoms with Crippen LogP contribution in [-0.2, 0) is 4.79 Å². The number of hydrogen-bond acceptors (Lipinski definition) is 6. The summed E-state index contributed by atoms with van der Waals surface area (Å²) in [6, 6.07) is -0.868. The van der Waals surface area contributed by atoms with Crippen LogP contribution in [0.5, 0.6) is 0 Å². The van der Waals surface area contributed by atoms with Crippen molar-refractivity contribution in [1.29, 1.82) is 0 Å². The van der Waals surface area contributed by atoms with E-state index in [9.17, 15) is 14.9 Å². The van der Waals surface area contributed by atoms with Crippen LogP contribution in [0.4, 0.5) is 0 Å². The lowest BCUT2D eigenvalue weighted by Gasteiger charge is -2.04. The van der Waals surface area contributed by atoms with Crippen LogP contribution < -0.4 is 11.1 Å². The zero-order valence-corrected chi connectivity index (χ0v) is 8.00. The first kappa shape index (κ1) is 13.4. The van der Waals surface area contributed by atoms with Gasteiger partial charge in [-0.25, -0.2) is 0 Å². The average molecular weight is 219 g/mol. The van der Waals surface area contributed by atoms with Crippen molar-refractivity contribution in [3.63, 3.8) is 0 Å². The lowest BCUT2D eigenvalue weighted by atomic mass is 10.2. The molecule has 0 unspecified atom stereocenters. The fraction of sp³-hybridized carbons (Fsp3) is 0.833. The summed E-state index contributed by atoms with van der Waals surface area (Å²) in [4.78, 5) is 20.0. The van der Waals surface area contributed by atoms with E-state index in [0.717, 1.165) is 0 Å². The molecule has 0 amide bonds. The Bertz CT molecular complexity index is 244. The van der Waals surface area contributed by atoms with Gasteiger partial charge in [0.25, 0.3) is 0 Å². The molecule has 0 radical (unpaired) electrons. The molecule has 0 aliphatic carbocycles. The fourth-order valence-electron chi connectivity index (χ4n) is 0.783. The van der Waals surface area contributed by atoms with Crippen LogP contribution in [0.1, 0.15) is 12.8 Å². The van der Waals surface area contributed by atoms with E-state index in [-0.39, 0.29) is 6.67 Å². The van der Waals surface area contributed by atoms with Gasteiger partial charge < -0.3 is 21.0 Å². The second-order valence-corrected chi connectivity index (χ2v) is 2.71. The van der Waals surface area contributed by atoms with E-state index in [1.807, 2.05) is 0 Å². The van der Waals surface area contributed by atoms with E-state index < -0.39 is 17.0 Å². The molecule has 86 valence electrons. The number of aliphatic carboxylic acids is 1. The molecule has 0 aliphatic heterocycles. The molecular formula is C6H13N5O4. The summed E-state index contributed by atoms with van der Waals surface area (Å²) in [7, 11) is 0. The van der Waals surface area contributed by atoms with Gasteiger partial charge in [0.1, 0.15) is 6.04 Å². The summed E-state index contributed by atoms with van der Waals surface area (Å²) in [5, 5.41) is 25.8. The van der Waals surface area contributed by atoms with Gasteiger partial charge in [0, 0.05) is 0 Å². The summed E-state index contributed by atoms with van der Waals surface area (Å²) in [6.07, 6.45) is 0.899. The Balaban J connectivity index is 3.32. The highest BCUT2D eigenvalue weighted by atomic mass is 16.7. The minimum Gasteiger partial charge on any atom is -0.480 e. The van der Waals surface area contributed by atoms with Gasteiger partial charge in [-0.15, -0.1) is 0 Å². The number of hydrogen-bond donors (Lipinski definition) is 3. The first-order valence-electron chi connectivity index (χ1n) is 4.25. The zero-order chi connectivity index (χ0) is 11.7. The van der Waals surface area contributed by atoms with Crippen LogP contribution >= 0.6 is 0 Å². The van der Waals surface area contributed by atoms with Crippen molar-refractivity contribution < 1.29 is 14.9 Å². The number of nitro groups is 1. The fourth-order valence-corrected chi connectivity index (χ4v) is 0.783. The van der Waals surface area contributed by atoms with Crippen molar-refractivity contribution in [1.82, 2.24) is 5.32 Å². The molecule has 4 N–H and O–H groups in total. The number of rotatable bonds is 8. The van der Waals surface area contributed by atoms with Gasteiger partial charge in [-0.3, -0.25) is 10.1 Å². The van der Waals surface area contributed by atoms with Crippen molar-refractivity contribution in [2.24, 2.45) is 16.1 Å². The summed E-state index contributed by atoms with van der Waals surface area (Å²) < 4.78 is 0. The number of carbonyl (C=O) groups is 1. The Morgan fingerprint density at radius 2 is 2.33 bits per heavy atom. The summed E-state index contributed by atoms with van der Waals surface area (Å²) >= 11 is 0. The normalized spacial score (nSPS) is 12.9. The second kappa shape index (κ2) is 7.76. The van der Waals surface area contributed by atoms with E-state index in [4.69, 9.17) is 10.8 Å². The summed E-state index contributed by atoms with van der Waals surface area (Å²) in [6.45, 7) is 0.515. The molecule has 0 aromatic rings. The molecule has 9 heteroatoms. The molecule has 0 spiro atoms. The number of nitrogens with zero attached hydrogens (tertiary/aromatic N) is 3. The topological polar surface area (TPSA) is 143 Å². The maximum Gasteiger partial charge on any atom is 0.320 e. The molecule has 0 saturated carbocycles. The monoisotopic (exact) mass is 219 g/mol. The quantitative estimate of drug-likeness (QED) is 0.214. The molecule has 15 heavy (non-hydrogen) atoms. The Morgan fingerprint density at radius 3 is 2.87 bits per heavy atom. The first-order chi connectivity index (χ1) is 7.04. The van der Waals surface area contributed by atoms with Crippen LogP contribution in [0.15, 0.2) is 10.3 Å². The number of nitrogens with two attached hydrogens (primary N) is 1. The van der Waals surface area contributed by atoms with Gasteiger partial charge >= 0.3 is 5.97 Å². The van der Waals surface area contributed by atoms with Gasteiger partial charge in [0.05, 0.1) is 10.1 Å². The van der Waals surface area contributed by atoms with Gasteiger partial charge in [-0.2, -0.15) is 0 Å². The van der Waals surface area contributed by atoms with Gasteiger partial charge in [0.15, 0.2) is 5.22 Å². The lowest BCUT2D eigenvalue weighted by Crippen LogP contribution is -2.31. The standard InChI is InChI=1S/C6H13N5O4/c7-5(6(12)13)2-1-3-8-4-9-10-11(14)15/h5,8H,1-4,7H2,(H,12,13)/t5-/m0/s1. The van der Waals surface area contributed by atoms with E-state index in [1.54, 1.807) is 0 Å². The lowest BCUT2D eigenvalue weighted by molar-refractivity contribution is -0.494. The molecule has 0 heterocycles. The molecule has 0 rings (SSSR count). The van der Waals surface area contributed by atoms with E-state index in [2.05, 4.69) is 15.7 Å². The van der Waals surface area contributed by atoms with Crippen molar-refractivity contribution in [2.45, 2.75) is 18.9 Å². The first-order valence-corrected chi connectivity index (χ1v) is 4.25. The highest BCUT2D eigenvalue weighted by molar-refractivity contribution is 5.72. The SMILES string of the molecule is N[C@@H](CCCNCN=N[N+](=O)[O-])C(=O)O. The van der Waals surface area contributed by atoms with E-state index >= 15 is 0 Å². The molecule has 1 atom stereocenters. The smallest absolute Gasteiger partial charge is 0.320 e. The van der Waals surface area contributed by atoms with Crippen LogP contribution in [-0.4, -0.2) is 35.4 Å². The Hall–Kier alpha value is -1.61. The summed E-state index contributed by atoms with van der Waals surface area (Å²) in [5.74, 6) is -1.04. The molecule has 0 aliphatic rings. The largest absolute Gasteiger partial charge is 0.480 e. The van der Waals surface area contributed by atoms with Crippen LogP contribution in [0.3, 0.4) is 0 Å². The van der Waals surface area contributed by atoms with E-state index in [0.29, 0.717) is 19.4 Å². The summed E-state index contributed by atoms with van der Waals surface area (Å²) in [5.41, 5.74) is 5.24. The Kier molecular flexibility index (Phi) is 6.93. The molecule has 0 bridgehead atoms. The third kappa shape index (κ3) is 8.71. The van der Waals surface area contributed by atoms with Crippen LogP contribution in [0.2, 0.25) is 0 Å². The number of carboxylic acids is 1. The molecule has 0 saturated heterocycles. The Morgan fingerprint density at radius 1 is 1.67 bits per heavy atom. The van der Waals surface area contributed by atoms with Gasteiger partial charge in [-0.05, 0) is 19.4 Å². The predicted octanol–water partition coefficient (Wildman–Crippen LogP) is -0.630. The van der Waals surface area contributed by atoms with Crippen molar-refractivity contribution in [3.8, 4) is 0 Å². The molecule has 0 fully saturated rings. The minimum absolute atomic E-state index is 0.0310. The minimum atomic E-state index is -1.04. The average Bonchev–Trinajstić information content (AvgIpc) is 2.15. The maximum absolute atomic E-state index is 10.3. The van der Waals surface area contributed by atoms with Crippen molar-refractivity contribution in [3.05, 3.63) is 10.1 Å². The predicted molar refractivity (Wildman–Crippen MR) is 49.6 cm³/mol. The third-order valence-electron chi connectivity index (χ3n) is 1.50. The second-order valence-electron chi connectivity index (χ2n) is 2.71. The van der Waals surface area contributed by atoms with Crippen LogP contribution in [0.25, 0.3) is 0 Å². The zero-order valence-electron chi connectivity index (χ0n) is 8.00. The highest BCUT2D eigenvalue weighted by Gasteiger charge is 2.09. The highest BCUT2D eigenvalue weighted by Crippen LogP contribution is 1.92. The molecule has 0 aromatic carbocycles. The van der Waals surface area contributed by atoms with Gasteiger partial charge in [0.2, 0.25) is 6.67 Å². The van der Waals surface area contributed by atoms with E-state index in [1.165, 1.54) is 0 Å². The van der Waals surface area contributed by atoms with Crippen molar-refractivity contribution >= 4 is 5.97 Å².